The molecule has 0 aromatic heterocycles. The number of nitrogens with zero attached hydrogens (tertiary/aromatic N) is 1. The molecule has 2 atom stereocenters. The highest BCUT2D eigenvalue weighted by atomic mass is 31.2. The first-order valence-electron chi connectivity index (χ1n) is 15.3. The minimum atomic E-state index is -4.73. The van der Waals surface area contributed by atoms with E-state index in [9.17, 15) is 18.9 Å². The predicted octanol–water partition coefficient (Wildman–Crippen LogP) is 6.79. The Morgan fingerprint density at radius 2 is 1.52 bits per heavy atom. The maximum absolute atomic E-state index is 13.1. The fraction of sp³-hybridized carbons (Fsp3) is 0.531. The van der Waals surface area contributed by atoms with Crippen molar-refractivity contribution < 1.29 is 47.5 Å². The molecule has 0 bridgehead atoms. The third-order valence-electron chi connectivity index (χ3n) is 6.62. The van der Waals surface area contributed by atoms with Crippen LogP contribution in [0.1, 0.15) is 71.4 Å². The number of nitrogens with one attached hydrogen (secondary N) is 2. The molecule has 2 aromatic carbocycles. The van der Waals surface area contributed by atoms with Crippen molar-refractivity contribution in [2.45, 2.75) is 73.3 Å². The van der Waals surface area contributed by atoms with Crippen molar-refractivity contribution in [3.05, 3.63) is 53.6 Å². The number of urea groups is 1. The molecular formula is C32H48N3O10P. The molecule has 0 spiro atoms. The average Bonchev–Trinajstić information content (AvgIpc) is 2.94. The van der Waals surface area contributed by atoms with Crippen molar-refractivity contribution in [2.75, 3.05) is 42.0 Å². The molecule has 14 heteroatoms. The van der Waals surface area contributed by atoms with Gasteiger partial charge in [0, 0.05) is 18.8 Å². The van der Waals surface area contributed by atoms with Crippen LogP contribution in [-0.4, -0.2) is 60.5 Å². The Labute approximate surface area is 271 Å². The van der Waals surface area contributed by atoms with E-state index in [0.717, 1.165) is 29.9 Å². The number of ether oxygens (including phenoxy) is 3. The zero-order valence-corrected chi connectivity index (χ0v) is 28.5. The molecule has 0 heterocycles. The lowest BCUT2D eigenvalue weighted by Crippen LogP contribution is -2.32. The molecule has 0 radical (unpaired) electrons. The van der Waals surface area contributed by atoms with Crippen molar-refractivity contribution >= 4 is 43.0 Å². The molecule has 46 heavy (non-hydrogen) atoms. The summed E-state index contributed by atoms with van der Waals surface area (Å²) in [6.45, 7) is 14.2. The average molecular weight is 666 g/mol. The van der Waals surface area contributed by atoms with Crippen molar-refractivity contribution in [3.8, 4) is 0 Å². The van der Waals surface area contributed by atoms with Gasteiger partial charge in [-0.15, -0.1) is 0 Å². The normalized spacial score (nSPS) is 12.8. The molecule has 2 amide bonds. The summed E-state index contributed by atoms with van der Waals surface area (Å²) in [6.07, 6.45) is -1.70. The van der Waals surface area contributed by atoms with E-state index in [-0.39, 0.29) is 12.3 Å². The van der Waals surface area contributed by atoms with Gasteiger partial charge in [-0.2, -0.15) is 0 Å². The molecule has 256 valence electrons. The summed E-state index contributed by atoms with van der Waals surface area (Å²) in [5, 5.41) is 5.90. The van der Waals surface area contributed by atoms with Gasteiger partial charge < -0.3 is 39.5 Å². The standard InChI is InChI=1S/C32H48N3O10P/c1-8-25(16-30(36)43-20-44-32(38)42-19-24(7)45-46(39,40)41)26-11-14-29(35(17-21(2)3)18-22(4)5)28(15-26)34-31(37)33-27-12-9-23(6)10-13-27/h9-15,21-22,24-25H,8,16-20H2,1-7H3,(H2,33,34,37)(H2,39,40,41)/t24-,25?/m0/s1. The minimum Gasteiger partial charge on any atom is -0.431 e. The lowest BCUT2D eigenvalue weighted by molar-refractivity contribution is -0.154. The van der Waals surface area contributed by atoms with Gasteiger partial charge in [0.2, 0.25) is 6.79 Å². The van der Waals surface area contributed by atoms with Crippen LogP contribution in [0.4, 0.5) is 26.7 Å². The number of benzene rings is 2. The van der Waals surface area contributed by atoms with Crippen LogP contribution in [-0.2, 0) is 28.1 Å². The van der Waals surface area contributed by atoms with Gasteiger partial charge in [0.15, 0.2) is 0 Å². The molecule has 2 aromatic rings. The molecule has 13 nitrogen and oxygen atoms in total. The lowest BCUT2D eigenvalue weighted by atomic mass is 9.92. The second kappa shape index (κ2) is 18.5. The van der Waals surface area contributed by atoms with Gasteiger partial charge in [0.25, 0.3) is 0 Å². The summed E-state index contributed by atoms with van der Waals surface area (Å²) in [4.78, 5) is 57.3. The van der Waals surface area contributed by atoms with E-state index in [1.165, 1.54) is 6.92 Å². The number of phosphoric acid groups is 1. The van der Waals surface area contributed by atoms with Crippen LogP contribution in [0.2, 0.25) is 0 Å². The second-order valence-electron chi connectivity index (χ2n) is 12.0. The largest absolute Gasteiger partial charge is 0.511 e. The van der Waals surface area contributed by atoms with Crippen molar-refractivity contribution in [1.29, 1.82) is 0 Å². The highest BCUT2D eigenvalue weighted by Crippen LogP contribution is 2.37. The Morgan fingerprint density at radius 3 is 2.09 bits per heavy atom. The van der Waals surface area contributed by atoms with Crippen molar-refractivity contribution in [3.63, 3.8) is 0 Å². The number of anilines is 3. The van der Waals surface area contributed by atoms with Crippen LogP contribution in [0.5, 0.6) is 0 Å². The maximum Gasteiger partial charge on any atom is 0.511 e. The summed E-state index contributed by atoms with van der Waals surface area (Å²) in [5.74, 6) is -0.123. The molecule has 0 fully saturated rings. The van der Waals surface area contributed by atoms with E-state index in [1.807, 2.05) is 56.3 Å². The number of carbonyl (C=O) groups is 3. The maximum atomic E-state index is 13.1. The van der Waals surface area contributed by atoms with Crippen LogP contribution in [0.3, 0.4) is 0 Å². The van der Waals surface area contributed by atoms with E-state index in [0.29, 0.717) is 29.6 Å². The number of rotatable bonds is 17. The highest BCUT2D eigenvalue weighted by Gasteiger charge is 2.22. The zero-order chi connectivity index (χ0) is 34.4. The Bertz CT molecular complexity index is 1320. The van der Waals surface area contributed by atoms with Crippen LogP contribution in [0.25, 0.3) is 0 Å². The summed E-state index contributed by atoms with van der Waals surface area (Å²) >= 11 is 0. The summed E-state index contributed by atoms with van der Waals surface area (Å²) in [7, 11) is -4.73. The fourth-order valence-corrected chi connectivity index (χ4v) is 5.18. The first-order chi connectivity index (χ1) is 21.6. The molecule has 1 unspecified atom stereocenters. The fourth-order valence-electron chi connectivity index (χ4n) is 4.65. The summed E-state index contributed by atoms with van der Waals surface area (Å²) < 4.78 is 29.7. The molecule has 0 aliphatic rings. The molecule has 0 aliphatic heterocycles. The zero-order valence-electron chi connectivity index (χ0n) is 27.6. The number of phosphoric ester groups is 1. The molecule has 0 saturated heterocycles. The van der Waals surface area contributed by atoms with E-state index >= 15 is 0 Å². The van der Waals surface area contributed by atoms with Gasteiger partial charge in [0.1, 0.15) is 12.7 Å². The molecule has 0 aliphatic carbocycles. The third-order valence-corrected chi connectivity index (χ3v) is 7.25. The highest BCUT2D eigenvalue weighted by molar-refractivity contribution is 7.46. The molecule has 2 rings (SSSR count). The van der Waals surface area contributed by atoms with Crippen molar-refractivity contribution in [2.24, 2.45) is 11.8 Å². The Balaban J connectivity index is 2.14. The first-order valence-corrected chi connectivity index (χ1v) is 16.8. The van der Waals surface area contributed by atoms with Crippen LogP contribution in [0.15, 0.2) is 42.5 Å². The number of carbonyl (C=O) groups excluding carboxylic acids is 3. The van der Waals surface area contributed by atoms with Crippen LogP contribution >= 0.6 is 7.82 Å². The van der Waals surface area contributed by atoms with E-state index in [1.54, 1.807) is 0 Å². The van der Waals surface area contributed by atoms with E-state index in [2.05, 4.69) is 47.8 Å². The Morgan fingerprint density at radius 1 is 0.891 bits per heavy atom. The lowest BCUT2D eigenvalue weighted by Gasteiger charge is -2.31. The topological polar surface area (TPSA) is 173 Å². The minimum absolute atomic E-state index is 0.0158. The number of amides is 2. The molecule has 4 N–H and O–H groups in total. The SMILES string of the molecule is CCC(CC(=O)OCOC(=O)OC[C@H](C)OP(=O)(O)O)c1ccc(N(CC(C)C)CC(C)C)c(NC(=O)Nc2ccc(C)cc2)c1. The number of aryl methyl sites for hydroxylation is 1. The quantitative estimate of drug-likeness (QED) is 0.0796. The van der Waals surface area contributed by atoms with Gasteiger partial charge >= 0.3 is 26.0 Å². The second-order valence-corrected chi connectivity index (χ2v) is 13.2. The van der Waals surface area contributed by atoms with Gasteiger partial charge in [0.05, 0.1) is 17.8 Å². The van der Waals surface area contributed by atoms with Crippen LogP contribution < -0.4 is 15.5 Å². The smallest absolute Gasteiger partial charge is 0.431 e. The third kappa shape index (κ3) is 14.6. The van der Waals surface area contributed by atoms with Gasteiger partial charge in [-0.05, 0) is 67.9 Å². The monoisotopic (exact) mass is 665 g/mol. The number of hydrogen-bond donors (Lipinski definition) is 4. The van der Waals surface area contributed by atoms with Crippen LogP contribution in [0, 0.1) is 18.8 Å². The molecule has 0 saturated carbocycles. The van der Waals surface area contributed by atoms with Gasteiger partial charge in [-0.25, -0.2) is 14.2 Å². The summed E-state index contributed by atoms with van der Waals surface area (Å²) in [5.41, 5.74) is 4.04. The predicted molar refractivity (Wildman–Crippen MR) is 176 cm³/mol. The molecular weight excluding hydrogens is 617 g/mol. The van der Waals surface area contributed by atoms with Gasteiger partial charge in [-0.1, -0.05) is 58.4 Å². The Hall–Kier alpha value is -3.64. The number of hydrogen-bond acceptors (Lipinski definition) is 9. The number of esters is 1. The van der Waals surface area contributed by atoms with Crippen molar-refractivity contribution in [1.82, 2.24) is 0 Å². The first kappa shape index (κ1) is 38.5. The van der Waals surface area contributed by atoms with E-state index in [4.69, 9.17) is 24.0 Å². The summed E-state index contributed by atoms with van der Waals surface area (Å²) in [6, 6.07) is 12.9. The van der Waals surface area contributed by atoms with E-state index < -0.39 is 45.5 Å². The van der Waals surface area contributed by atoms with Gasteiger partial charge in [-0.3, -0.25) is 9.32 Å². The Kier molecular flexibility index (Phi) is 15.5.